The van der Waals surface area contributed by atoms with Crippen LogP contribution in [0.4, 0.5) is 5.69 Å². The van der Waals surface area contributed by atoms with Gasteiger partial charge in [0.2, 0.25) is 0 Å². The Bertz CT molecular complexity index is 1180. The first kappa shape index (κ1) is 19.6. The number of ketones is 1. The van der Waals surface area contributed by atoms with Crippen LogP contribution in [0.3, 0.4) is 0 Å². The first-order valence-corrected chi connectivity index (χ1v) is 9.76. The van der Waals surface area contributed by atoms with Crippen LogP contribution in [0.25, 0.3) is 0 Å². The minimum atomic E-state index is -0.533. The topological polar surface area (TPSA) is 88.3 Å². The molecule has 30 heavy (non-hydrogen) atoms. The zero-order chi connectivity index (χ0) is 21.3. The maximum absolute atomic E-state index is 12.8. The molecule has 0 saturated heterocycles. The van der Waals surface area contributed by atoms with Gasteiger partial charge >= 0.3 is 0 Å². The molecule has 0 radical (unpaired) electrons. The molecule has 2 aromatic carbocycles. The van der Waals surface area contributed by atoms with Crippen molar-refractivity contribution in [2.45, 2.75) is 25.7 Å². The molecule has 6 nitrogen and oxygen atoms in total. The van der Waals surface area contributed by atoms with E-state index in [9.17, 15) is 14.4 Å². The third-order valence-corrected chi connectivity index (χ3v) is 5.41. The minimum Gasteiger partial charge on any atom is -0.497 e. The number of Topliss-reactive ketones (excluding diaryl/α,β-unsaturated/α-hetero) is 1. The van der Waals surface area contributed by atoms with Crippen molar-refractivity contribution in [2.24, 2.45) is 0 Å². The quantitative estimate of drug-likeness (QED) is 0.694. The van der Waals surface area contributed by atoms with E-state index in [1.54, 1.807) is 13.2 Å². The molecule has 4 rings (SSSR count). The molecule has 0 fully saturated rings. The standard InChI is InChI=1S/C24H22N2O4/c1-14-4-3-5-17(10-14)25-23(28)20-13-19-21(26-24(20)29)11-16(12-22(19)27)15-6-8-18(30-2)9-7-15/h3-10,13,16H,11-12H2,1-2H3,(H,25,28)(H,26,29). The lowest BCUT2D eigenvalue weighted by molar-refractivity contribution is 0.0963. The molecule has 1 amide bonds. The van der Waals surface area contributed by atoms with E-state index < -0.39 is 11.5 Å². The highest BCUT2D eigenvalue weighted by atomic mass is 16.5. The van der Waals surface area contributed by atoms with Gasteiger partial charge < -0.3 is 15.0 Å². The summed E-state index contributed by atoms with van der Waals surface area (Å²) >= 11 is 0. The third-order valence-electron chi connectivity index (χ3n) is 5.41. The maximum atomic E-state index is 12.8. The molecule has 0 bridgehead atoms. The summed E-state index contributed by atoms with van der Waals surface area (Å²) < 4.78 is 5.18. The normalized spacial score (nSPS) is 15.4. The number of benzene rings is 2. The van der Waals surface area contributed by atoms with Crippen LogP contribution in [0.2, 0.25) is 0 Å². The van der Waals surface area contributed by atoms with Crippen molar-refractivity contribution in [1.82, 2.24) is 4.98 Å². The van der Waals surface area contributed by atoms with Gasteiger partial charge in [-0.3, -0.25) is 14.4 Å². The molecular weight excluding hydrogens is 380 g/mol. The number of carbonyl (C=O) groups excluding carboxylic acids is 2. The fourth-order valence-electron chi connectivity index (χ4n) is 3.83. The van der Waals surface area contributed by atoms with Crippen LogP contribution in [0.5, 0.6) is 5.75 Å². The third kappa shape index (κ3) is 3.89. The summed E-state index contributed by atoms with van der Waals surface area (Å²) in [6.07, 6.45) is 0.854. The predicted molar refractivity (Wildman–Crippen MR) is 115 cm³/mol. The molecule has 1 atom stereocenters. The molecular formula is C24H22N2O4. The molecule has 0 saturated carbocycles. The van der Waals surface area contributed by atoms with Gasteiger partial charge in [-0.05, 0) is 60.7 Å². The van der Waals surface area contributed by atoms with Crippen LogP contribution >= 0.6 is 0 Å². The number of aryl methyl sites for hydroxylation is 1. The monoisotopic (exact) mass is 402 g/mol. The Morgan fingerprint density at radius 2 is 1.83 bits per heavy atom. The number of nitrogens with one attached hydrogen (secondary N) is 2. The van der Waals surface area contributed by atoms with E-state index in [0.717, 1.165) is 16.9 Å². The second-order valence-electron chi connectivity index (χ2n) is 7.53. The van der Waals surface area contributed by atoms with Crippen molar-refractivity contribution in [3.8, 4) is 5.75 Å². The highest BCUT2D eigenvalue weighted by Gasteiger charge is 2.29. The highest BCUT2D eigenvalue weighted by molar-refractivity contribution is 6.06. The Hall–Kier alpha value is -3.67. The van der Waals surface area contributed by atoms with Gasteiger partial charge in [0.15, 0.2) is 5.78 Å². The van der Waals surface area contributed by atoms with E-state index in [0.29, 0.717) is 29.8 Å². The zero-order valence-corrected chi connectivity index (χ0v) is 16.8. The number of aromatic nitrogens is 1. The Kier molecular flexibility index (Phi) is 5.23. The fraction of sp³-hybridized carbons (Fsp3) is 0.208. The predicted octanol–water partition coefficient (Wildman–Crippen LogP) is 3.86. The number of anilines is 1. The molecule has 1 aliphatic carbocycles. The molecule has 6 heteroatoms. The van der Waals surface area contributed by atoms with Crippen LogP contribution in [0.15, 0.2) is 59.4 Å². The number of aromatic amines is 1. The van der Waals surface area contributed by atoms with Gasteiger partial charge in [-0.2, -0.15) is 0 Å². The SMILES string of the molecule is COc1ccc(C2CC(=O)c3cc(C(=O)Nc4cccc(C)c4)c(=O)[nH]c3C2)cc1. The number of fused-ring (bicyclic) bond motifs is 1. The van der Waals surface area contributed by atoms with Gasteiger partial charge in [-0.15, -0.1) is 0 Å². The summed E-state index contributed by atoms with van der Waals surface area (Å²) in [5.41, 5.74) is 3.03. The zero-order valence-electron chi connectivity index (χ0n) is 16.8. The number of methoxy groups -OCH3 is 1. The number of amides is 1. The molecule has 1 aliphatic rings. The molecule has 2 N–H and O–H groups in total. The first-order valence-electron chi connectivity index (χ1n) is 9.76. The lowest BCUT2D eigenvalue weighted by Gasteiger charge is -2.24. The number of rotatable bonds is 4. The number of hydrogen-bond donors (Lipinski definition) is 2. The average Bonchev–Trinajstić information content (AvgIpc) is 2.73. The highest BCUT2D eigenvalue weighted by Crippen LogP contribution is 2.32. The molecule has 0 spiro atoms. The van der Waals surface area contributed by atoms with E-state index >= 15 is 0 Å². The van der Waals surface area contributed by atoms with E-state index in [1.807, 2.05) is 49.4 Å². The van der Waals surface area contributed by atoms with E-state index in [4.69, 9.17) is 4.74 Å². The number of ether oxygens (including phenoxy) is 1. The molecule has 1 aromatic heterocycles. The van der Waals surface area contributed by atoms with Crippen molar-refractivity contribution in [3.63, 3.8) is 0 Å². The van der Waals surface area contributed by atoms with Gasteiger partial charge in [0.25, 0.3) is 11.5 Å². The molecule has 0 aliphatic heterocycles. The van der Waals surface area contributed by atoms with Gasteiger partial charge in [0.05, 0.1) is 7.11 Å². The summed E-state index contributed by atoms with van der Waals surface area (Å²) in [6, 6.07) is 16.3. The minimum absolute atomic E-state index is 0.0291. The maximum Gasteiger partial charge on any atom is 0.261 e. The van der Waals surface area contributed by atoms with Crippen LogP contribution in [-0.4, -0.2) is 23.8 Å². The van der Waals surface area contributed by atoms with Crippen LogP contribution in [0, 0.1) is 6.92 Å². The number of pyridine rings is 1. The Labute approximate surface area is 173 Å². The Morgan fingerprint density at radius 3 is 2.53 bits per heavy atom. The molecule has 3 aromatic rings. The number of carbonyl (C=O) groups is 2. The second-order valence-corrected chi connectivity index (χ2v) is 7.53. The molecule has 1 unspecified atom stereocenters. The summed E-state index contributed by atoms with van der Waals surface area (Å²) in [7, 11) is 1.60. The van der Waals surface area contributed by atoms with Crippen LogP contribution in [-0.2, 0) is 6.42 Å². The van der Waals surface area contributed by atoms with Crippen LogP contribution in [0.1, 0.15) is 49.9 Å². The number of hydrogen-bond acceptors (Lipinski definition) is 4. The second kappa shape index (κ2) is 7.99. The Morgan fingerprint density at radius 1 is 1.07 bits per heavy atom. The molecule has 1 heterocycles. The smallest absolute Gasteiger partial charge is 0.261 e. The summed E-state index contributed by atoms with van der Waals surface area (Å²) in [5, 5.41) is 2.72. The van der Waals surface area contributed by atoms with Gasteiger partial charge in [-0.1, -0.05) is 24.3 Å². The largest absolute Gasteiger partial charge is 0.497 e. The van der Waals surface area contributed by atoms with Crippen molar-refractivity contribution in [2.75, 3.05) is 12.4 Å². The summed E-state index contributed by atoms with van der Waals surface area (Å²) in [6.45, 7) is 1.92. The summed E-state index contributed by atoms with van der Waals surface area (Å²) in [5.74, 6) is 0.102. The van der Waals surface area contributed by atoms with Crippen molar-refractivity contribution in [3.05, 3.63) is 92.9 Å². The van der Waals surface area contributed by atoms with Crippen molar-refractivity contribution in [1.29, 1.82) is 0 Å². The average molecular weight is 402 g/mol. The lowest BCUT2D eigenvalue weighted by atomic mass is 9.81. The number of H-pyrrole nitrogens is 1. The fourth-order valence-corrected chi connectivity index (χ4v) is 3.83. The lowest BCUT2D eigenvalue weighted by Crippen LogP contribution is -2.29. The Balaban J connectivity index is 1.60. The van der Waals surface area contributed by atoms with E-state index in [2.05, 4.69) is 10.3 Å². The first-order chi connectivity index (χ1) is 14.4. The van der Waals surface area contributed by atoms with E-state index in [-0.39, 0.29) is 17.3 Å². The summed E-state index contributed by atoms with van der Waals surface area (Å²) in [4.78, 5) is 40.8. The van der Waals surface area contributed by atoms with Crippen LogP contribution < -0.4 is 15.6 Å². The molecule has 152 valence electrons. The van der Waals surface area contributed by atoms with Gasteiger partial charge in [0.1, 0.15) is 11.3 Å². The van der Waals surface area contributed by atoms with E-state index in [1.165, 1.54) is 6.07 Å². The van der Waals surface area contributed by atoms with Crippen molar-refractivity contribution >= 4 is 17.4 Å². The van der Waals surface area contributed by atoms with Gasteiger partial charge in [0, 0.05) is 23.4 Å². The van der Waals surface area contributed by atoms with Crippen molar-refractivity contribution < 1.29 is 14.3 Å². The van der Waals surface area contributed by atoms with Gasteiger partial charge in [-0.25, -0.2) is 0 Å².